The van der Waals surface area contributed by atoms with Crippen LogP contribution in [0.2, 0.25) is 5.15 Å². The molecule has 0 N–H and O–H groups in total. The first-order chi connectivity index (χ1) is 5.93. The molecule has 0 spiro atoms. The topological polar surface area (TPSA) is 25.8 Å². The van der Waals surface area contributed by atoms with Gasteiger partial charge < -0.3 is 0 Å². The quantitative estimate of drug-likeness (QED) is 0.548. The monoisotopic (exact) mass is 230 g/mol. The van der Waals surface area contributed by atoms with Crippen molar-refractivity contribution in [2.45, 2.75) is 12.1 Å². The van der Waals surface area contributed by atoms with Gasteiger partial charge in [0.05, 0.1) is 11.6 Å². The van der Waals surface area contributed by atoms with Gasteiger partial charge in [-0.3, -0.25) is 0 Å². The molecule has 0 bridgehead atoms. The summed E-state index contributed by atoms with van der Waals surface area (Å²) in [6, 6.07) is 1.18. The average molecular weight is 231 g/mol. The Morgan fingerprint density at radius 3 is 2.38 bits per heavy atom. The molecular formula is C6H3Cl2F3N2. The summed E-state index contributed by atoms with van der Waals surface area (Å²) in [7, 11) is 0. The van der Waals surface area contributed by atoms with Crippen LogP contribution in [0.25, 0.3) is 0 Å². The third-order valence-corrected chi connectivity index (χ3v) is 1.61. The number of hydrogen-bond acceptors (Lipinski definition) is 2. The molecule has 13 heavy (non-hydrogen) atoms. The first-order valence-corrected chi connectivity index (χ1v) is 4.01. The van der Waals surface area contributed by atoms with Crippen molar-refractivity contribution in [1.82, 2.24) is 9.97 Å². The smallest absolute Gasteiger partial charge is 0.228 e. The van der Waals surface area contributed by atoms with E-state index >= 15 is 0 Å². The number of hydrogen-bond donors (Lipinski definition) is 0. The highest BCUT2D eigenvalue weighted by atomic mass is 35.5. The summed E-state index contributed by atoms with van der Waals surface area (Å²) >= 11 is 10.6. The van der Waals surface area contributed by atoms with Crippen LogP contribution >= 0.6 is 23.2 Å². The molecule has 0 aliphatic carbocycles. The van der Waals surface area contributed by atoms with Gasteiger partial charge in [0.2, 0.25) is 5.82 Å². The van der Waals surface area contributed by atoms with E-state index in [1.807, 2.05) is 0 Å². The Hall–Kier alpha value is -0.550. The molecule has 0 fully saturated rings. The van der Waals surface area contributed by atoms with Crippen LogP contribution in [0.4, 0.5) is 13.2 Å². The standard InChI is InChI=1S/C6H3Cl2F3N2/c7-2-3-1-4(8)13-5(12-3)6(9,10)11/h1H,2H2. The first-order valence-electron chi connectivity index (χ1n) is 3.10. The van der Waals surface area contributed by atoms with Gasteiger partial charge in [-0.15, -0.1) is 11.6 Å². The van der Waals surface area contributed by atoms with E-state index in [1.54, 1.807) is 0 Å². The molecule has 0 aliphatic heterocycles. The van der Waals surface area contributed by atoms with E-state index in [4.69, 9.17) is 23.2 Å². The summed E-state index contributed by atoms with van der Waals surface area (Å²) in [6.45, 7) is 0. The second-order valence-electron chi connectivity index (χ2n) is 2.14. The van der Waals surface area contributed by atoms with Gasteiger partial charge in [0.15, 0.2) is 0 Å². The SMILES string of the molecule is FC(F)(F)c1nc(Cl)cc(CCl)n1. The molecule has 0 aromatic carbocycles. The number of halogens is 5. The molecule has 0 saturated heterocycles. The van der Waals surface area contributed by atoms with Crippen LogP contribution in [0.5, 0.6) is 0 Å². The van der Waals surface area contributed by atoms with Gasteiger partial charge >= 0.3 is 6.18 Å². The van der Waals surface area contributed by atoms with Crippen molar-refractivity contribution in [2.24, 2.45) is 0 Å². The lowest BCUT2D eigenvalue weighted by atomic mass is 10.4. The van der Waals surface area contributed by atoms with Crippen LogP contribution in [0.1, 0.15) is 11.5 Å². The van der Waals surface area contributed by atoms with Crippen LogP contribution in [-0.2, 0) is 12.1 Å². The minimum Gasteiger partial charge on any atom is -0.228 e. The third kappa shape index (κ3) is 2.70. The summed E-state index contributed by atoms with van der Waals surface area (Å²) in [5, 5.41) is -0.266. The van der Waals surface area contributed by atoms with Crippen molar-refractivity contribution in [3.63, 3.8) is 0 Å². The average Bonchev–Trinajstić information content (AvgIpc) is 2.01. The summed E-state index contributed by atoms with van der Waals surface area (Å²) < 4.78 is 36.2. The van der Waals surface area contributed by atoms with E-state index in [-0.39, 0.29) is 16.7 Å². The van der Waals surface area contributed by atoms with E-state index in [0.717, 1.165) is 0 Å². The fraction of sp³-hybridized carbons (Fsp3) is 0.333. The van der Waals surface area contributed by atoms with Gasteiger partial charge in [-0.25, -0.2) is 9.97 Å². The maximum absolute atomic E-state index is 12.1. The Bertz CT molecular complexity index is 313. The summed E-state index contributed by atoms with van der Waals surface area (Å²) in [4.78, 5) is 6.19. The van der Waals surface area contributed by atoms with Gasteiger partial charge in [0.1, 0.15) is 5.15 Å². The molecule has 0 amide bonds. The molecule has 0 atom stereocenters. The Morgan fingerprint density at radius 1 is 1.31 bits per heavy atom. The molecule has 1 heterocycles. The van der Waals surface area contributed by atoms with Crippen molar-refractivity contribution in [1.29, 1.82) is 0 Å². The molecule has 0 aliphatic rings. The molecule has 0 saturated carbocycles. The number of nitrogens with zero attached hydrogens (tertiary/aromatic N) is 2. The van der Waals surface area contributed by atoms with E-state index in [2.05, 4.69) is 9.97 Å². The molecule has 72 valence electrons. The predicted molar refractivity (Wildman–Crippen MR) is 41.6 cm³/mol. The molecule has 1 aromatic heterocycles. The fourth-order valence-corrected chi connectivity index (χ4v) is 1.00. The van der Waals surface area contributed by atoms with Crippen molar-refractivity contribution < 1.29 is 13.2 Å². The Balaban J connectivity index is 3.16. The largest absolute Gasteiger partial charge is 0.451 e. The highest BCUT2D eigenvalue weighted by molar-refractivity contribution is 6.29. The zero-order chi connectivity index (χ0) is 10.1. The van der Waals surface area contributed by atoms with Crippen molar-refractivity contribution in [2.75, 3.05) is 0 Å². The van der Waals surface area contributed by atoms with Gasteiger partial charge in [0, 0.05) is 0 Å². The van der Waals surface area contributed by atoms with E-state index in [1.165, 1.54) is 6.07 Å². The van der Waals surface area contributed by atoms with Crippen LogP contribution in [0.3, 0.4) is 0 Å². The minimum absolute atomic E-state index is 0.0500. The van der Waals surface area contributed by atoms with E-state index in [0.29, 0.717) is 0 Å². The molecule has 1 rings (SSSR count). The lowest BCUT2D eigenvalue weighted by Crippen LogP contribution is -2.12. The molecule has 1 aromatic rings. The molecule has 2 nitrogen and oxygen atoms in total. The fourth-order valence-electron chi connectivity index (χ4n) is 0.659. The first kappa shape index (κ1) is 10.5. The molecule has 7 heteroatoms. The summed E-state index contributed by atoms with van der Waals surface area (Å²) in [5.41, 5.74) is 0.0500. The van der Waals surface area contributed by atoms with Crippen LogP contribution in [0.15, 0.2) is 6.07 Å². The van der Waals surface area contributed by atoms with Crippen molar-refractivity contribution in [3.05, 3.63) is 22.7 Å². The zero-order valence-electron chi connectivity index (χ0n) is 6.07. The molecule has 0 radical (unpaired) electrons. The number of alkyl halides is 4. The Labute approximate surface area is 81.7 Å². The maximum atomic E-state index is 12.1. The van der Waals surface area contributed by atoms with Gasteiger partial charge in [-0.2, -0.15) is 13.2 Å². The van der Waals surface area contributed by atoms with Gasteiger partial charge in [-0.05, 0) is 6.07 Å². The lowest BCUT2D eigenvalue weighted by molar-refractivity contribution is -0.145. The van der Waals surface area contributed by atoms with E-state index in [9.17, 15) is 13.2 Å². The maximum Gasteiger partial charge on any atom is 0.451 e. The third-order valence-electron chi connectivity index (χ3n) is 1.14. The van der Waals surface area contributed by atoms with Crippen molar-refractivity contribution >= 4 is 23.2 Å². The Morgan fingerprint density at radius 2 is 1.92 bits per heavy atom. The lowest BCUT2D eigenvalue weighted by Gasteiger charge is -2.05. The zero-order valence-corrected chi connectivity index (χ0v) is 7.58. The number of aromatic nitrogens is 2. The predicted octanol–water partition coefficient (Wildman–Crippen LogP) is 2.89. The normalized spacial score (nSPS) is 11.8. The van der Waals surface area contributed by atoms with Gasteiger partial charge in [-0.1, -0.05) is 11.6 Å². The van der Waals surface area contributed by atoms with Crippen molar-refractivity contribution in [3.8, 4) is 0 Å². The van der Waals surface area contributed by atoms with Crippen LogP contribution in [-0.4, -0.2) is 9.97 Å². The van der Waals surface area contributed by atoms with Gasteiger partial charge in [0.25, 0.3) is 0 Å². The summed E-state index contributed by atoms with van der Waals surface area (Å²) in [6.07, 6.45) is -4.59. The highest BCUT2D eigenvalue weighted by Crippen LogP contribution is 2.27. The van der Waals surface area contributed by atoms with E-state index < -0.39 is 12.0 Å². The highest BCUT2D eigenvalue weighted by Gasteiger charge is 2.35. The number of rotatable bonds is 1. The van der Waals surface area contributed by atoms with Crippen LogP contribution in [0, 0.1) is 0 Å². The second kappa shape index (κ2) is 3.67. The Kier molecular flexibility index (Phi) is 2.98. The summed E-state index contributed by atoms with van der Waals surface area (Å²) in [5.74, 6) is -1.40. The molecular weight excluding hydrogens is 228 g/mol. The van der Waals surface area contributed by atoms with Crippen LogP contribution < -0.4 is 0 Å². The second-order valence-corrected chi connectivity index (χ2v) is 2.79. The molecule has 0 unspecified atom stereocenters. The minimum atomic E-state index is -4.59.